The zero-order valence-corrected chi connectivity index (χ0v) is 21.8. The van der Waals surface area contributed by atoms with E-state index < -0.39 is 5.79 Å². The van der Waals surface area contributed by atoms with Gasteiger partial charge in [0, 0.05) is 26.6 Å². The van der Waals surface area contributed by atoms with Gasteiger partial charge in [0.15, 0.2) is 5.79 Å². The van der Waals surface area contributed by atoms with E-state index in [1.807, 2.05) is 20.3 Å². The van der Waals surface area contributed by atoms with E-state index in [9.17, 15) is 0 Å². The Hall–Kier alpha value is -1.12. The van der Waals surface area contributed by atoms with Gasteiger partial charge in [-0.1, -0.05) is 134 Å². The fourth-order valence-corrected chi connectivity index (χ4v) is 4.89. The third-order valence-corrected chi connectivity index (χ3v) is 7.02. The Morgan fingerprint density at radius 3 is 1.66 bits per heavy atom. The lowest BCUT2D eigenvalue weighted by Gasteiger charge is -2.39. The fourth-order valence-electron chi connectivity index (χ4n) is 4.89. The lowest BCUT2D eigenvalue weighted by Crippen LogP contribution is -2.40. The third kappa shape index (κ3) is 10.7. The molecule has 2 nitrogen and oxygen atoms in total. The molecule has 0 bridgehead atoms. The van der Waals surface area contributed by atoms with E-state index in [0.29, 0.717) is 0 Å². The molecule has 0 amide bonds. The number of hydrogen-bond acceptors (Lipinski definition) is 2. The summed E-state index contributed by atoms with van der Waals surface area (Å²) >= 11 is 0. The third-order valence-electron chi connectivity index (χ3n) is 7.02. The summed E-state index contributed by atoms with van der Waals surface area (Å²) in [6.45, 7) is 8.46. The van der Waals surface area contributed by atoms with E-state index in [2.05, 4.69) is 44.7 Å². The maximum absolute atomic E-state index is 6.17. The smallest absolute Gasteiger partial charge is 0.174 e. The van der Waals surface area contributed by atoms with Crippen molar-refractivity contribution in [3.8, 4) is 0 Å². The van der Waals surface area contributed by atoms with Gasteiger partial charge in [-0.2, -0.15) is 0 Å². The van der Waals surface area contributed by atoms with Crippen LogP contribution in [-0.2, 0) is 9.47 Å². The first kappa shape index (κ1) is 28.9. The molecule has 0 aliphatic heterocycles. The summed E-state index contributed by atoms with van der Waals surface area (Å²) in [5.41, 5.74) is 2.49. The average Bonchev–Trinajstić information content (AvgIpc) is 2.84. The van der Waals surface area contributed by atoms with Crippen molar-refractivity contribution in [2.45, 2.75) is 128 Å². The Kier molecular flexibility index (Phi) is 16.6. The van der Waals surface area contributed by atoms with Crippen LogP contribution < -0.4 is 0 Å². The molecule has 1 aromatic rings. The van der Waals surface area contributed by atoms with Gasteiger partial charge in [0.1, 0.15) is 0 Å². The minimum Gasteiger partial charge on any atom is -0.353 e. The van der Waals surface area contributed by atoms with Gasteiger partial charge in [-0.15, -0.1) is 0 Å². The van der Waals surface area contributed by atoms with Gasteiger partial charge in [0.05, 0.1) is 0 Å². The first-order valence-corrected chi connectivity index (χ1v) is 13.5. The largest absolute Gasteiger partial charge is 0.353 e. The van der Waals surface area contributed by atoms with Crippen LogP contribution in [0.5, 0.6) is 0 Å². The quantitative estimate of drug-likeness (QED) is 0.139. The van der Waals surface area contributed by atoms with Gasteiger partial charge < -0.3 is 9.47 Å². The van der Waals surface area contributed by atoms with Crippen LogP contribution in [0.1, 0.15) is 134 Å². The molecular formula is C30H52O2. The van der Waals surface area contributed by atoms with Crippen LogP contribution in [0.2, 0.25) is 0 Å². The fraction of sp³-hybridized carbons (Fsp3) is 0.733. The van der Waals surface area contributed by atoms with Crippen molar-refractivity contribution in [1.29, 1.82) is 0 Å². The number of benzene rings is 1. The molecule has 0 saturated heterocycles. The van der Waals surface area contributed by atoms with E-state index in [4.69, 9.17) is 9.47 Å². The number of unbranched alkanes of at least 4 members (excludes halogenated alkanes) is 12. The van der Waals surface area contributed by atoms with Crippen molar-refractivity contribution in [1.82, 2.24) is 0 Å². The van der Waals surface area contributed by atoms with Crippen LogP contribution in [0.3, 0.4) is 0 Å². The van der Waals surface area contributed by atoms with E-state index in [1.54, 1.807) is 0 Å². The van der Waals surface area contributed by atoms with Crippen molar-refractivity contribution in [2.75, 3.05) is 14.2 Å². The number of hydrogen-bond donors (Lipinski definition) is 0. The van der Waals surface area contributed by atoms with Crippen LogP contribution in [0.4, 0.5) is 0 Å². The van der Waals surface area contributed by atoms with E-state index in [1.165, 1.54) is 89.0 Å². The standard InChI is InChI=1S/C30H52O2/c1-6-9-11-13-15-16-18-20-26-30(31-4,32-5)29(21-19-17-14-12-10-7-2)28-24-22-27(8-3)23-25-28/h8,22-25,29H,3,6-7,9-21,26H2,1-2,4-5H3. The molecule has 0 aliphatic carbocycles. The van der Waals surface area contributed by atoms with Crippen molar-refractivity contribution >= 4 is 6.08 Å². The molecule has 1 aromatic carbocycles. The van der Waals surface area contributed by atoms with Crippen LogP contribution in [-0.4, -0.2) is 20.0 Å². The Labute approximate surface area is 200 Å². The summed E-state index contributed by atoms with van der Waals surface area (Å²) < 4.78 is 12.3. The van der Waals surface area contributed by atoms with Crippen molar-refractivity contribution < 1.29 is 9.47 Å². The molecular weight excluding hydrogens is 392 g/mol. The highest BCUT2D eigenvalue weighted by atomic mass is 16.7. The summed E-state index contributed by atoms with van der Waals surface area (Å²) in [6, 6.07) is 8.84. The molecule has 1 atom stereocenters. The highest BCUT2D eigenvalue weighted by Gasteiger charge is 2.39. The summed E-state index contributed by atoms with van der Waals surface area (Å²) in [4.78, 5) is 0. The van der Waals surface area contributed by atoms with Gasteiger partial charge in [-0.3, -0.25) is 0 Å². The molecule has 0 fully saturated rings. The van der Waals surface area contributed by atoms with E-state index >= 15 is 0 Å². The Bertz CT molecular complexity index is 559. The predicted octanol–water partition coefficient (Wildman–Crippen LogP) is 9.68. The zero-order valence-electron chi connectivity index (χ0n) is 21.8. The second-order valence-corrected chi connectivity index (χ2v) is 9.42. The summed E-state index contributed by atoms with van der Waals surface area (Å²) in [7, 11) is 3.67. The average molecular weight is 445 g/mol. The molecule has 1 rings (SSSR count). The minimum absolute atomic E-state index is 0.257. The van der Waals surface area contributed by atoms with Gasteiger partial charge in [-0.05, 0) is 24.0 Å². The van der Waals surface area contributed by atoms with Crippen LogP contribution in [0.15, 0.2) is 30.8 Å². The van der Waals surface area contributed by atoms with E-state index in [0.717, 1.165) is 24.8 Å². The molecule has 0 saturated carbocycles. The number of rotatable bonds is 21. The predicted molar refractivity (Wildman–Crippen MR) is 141 cm³/mol. The highest BCUT2D eigenvalue weighted by molar-refractivity contribution is 5.47. The monoisotopic (exact) mass is 444 g/mol. The molecule has 0 heterocycles. The molecule has 184 valence electrons. The number of methoxy groups -OCH3 is 2. The lowest BCUT2D eigenvalue weighted by atomic mass is 9.82. The van der Waals surface area contributed by atoms with Crippen LogP contribution in [0, 0.1) is 0 Å². The molecule has 0 radical (unpaired) electrons. The van der Waals surface area contributed by atoms with Gasteiger partial charge in [0.2, 0.25) is 0 Å². The van der Waals surface area contributed by atoms with Crippen molar-refractivity contribution in [2.24, 2.45) is 0 Å². The Balaban J connectivity index is 2.76. The van der Waals surface area contributed by atoms with Crippen LogP contribution in [0.25, 0.3) is 6.08 Å². The highest BCUT2D eigenvalue weighted by Crippen LogP contribution is 2.40. The normalized spacial score (nSPS) is 12.8. The van der Waals surface area contributed by atoms with Crippen LogP contribution >= 0.6 is 0 Å². The van der Waals surface area contributed by atoms with E-state index in [-0.39, 0.29) is 5.92 Å². The molecule has 32 heavy (non-hydrogen) atoms. The van der Waals surface area contributed by atoms with Gasteiger partial charge >= 0.3 is 0 Å². The van der Waals surface area contributed by atoms with Crippen molar-refractivity contribution in [3.63, 3.8) is 0 Å². The Morgan fingerprint density at radius 1 is 0.719 bits per heavy atom. The molecule has 2 heteroatoms. The Morgan fingerprint density at radius 2 is 1.19 bits per heavy atom. The molecule has 0 N–H and O–H groups in total. The minimum atomic E-state index is -0.540. The molecule has 0 spiro atoms. The SMILES string of the molecule is C=Cc1ccc(C(CCCCCCCC)C(CCCCCCCCCC)(OC)OC)cc1. The van der Waals surface area contributed by atoms with Crippen molar-refractivity contribution in [3.05, 3.63) is 42.0 Å². The van der Waals surface area contributed by atoms with Gasteiger partial charge in [-0.25, -0.2) is 0 Å². The molecule has 1 unspecified atom stereocenters. The first-order chi connectivity index (χ1) is 15.7. The summed E-state index contributed by atoms with van der Waals surface area (Å²) in [5, 5.41) is 0. The number of ether oxygens (including phenoxy) is 2. The summed E-state index contributed by atoms with van der Waals surface area (Å²) in [5.74, 6) is -0.284. The molecule has 0 aromatic heterocycles. The lowest BCUT2D eigenvalue weighted by molar-refractivity contribution is -0.228. The second kappa shape index (κ2) is 18.3. The zero-order chi connectivity index (χ0) is 23.5. The second-order valence-electron chi connectivity index (χ2n) is 9.42. The van der Waals surface area contributed by atoms with Gasteiger partial charge in [0.25, 0.3) is 0 Å². The topological polar surface area (TPSA) is 18.5 Å². The first-order valence-electron chi connectivity index (χ1n) is 13.5. The maximum Gasteiger partial charge on any atom is 0.174 e. The maximum atomic E-state index is 6.17. The summed E-state index contributed by atoms with van der Waals surface area (Å²) in [6.07, 6.45) is 22.4. The molecule has 0 aliphatic rings.